The summed E-state index contributed by atoms with van der Waals surface area (Å²) in [6.45, 7) is 3.14. The lowest BCUT2D eigenvalue weighted by Gasteiger charge is -2.40. The second-order valence-corrected chi connectivity index (χ2v) is 6.67. The largest absolute Gasteiger partial charge is 0.496 e. The highest BCUT2D eigenvalue weighted by Crippen LogP contribution is 2.34. The highest BCUT2D eigenvalue weighted by molar-refractivity contribution is 6.30. The van der Waals surface area contributed by atoms with Crippen molar-refractivity contribution in [2.75, 3.05) is 26.9 Å². The van der Waals surface area contributed by atoms with Crippen LogP contribution in [0.15, 0.2) is 18.2 Å². The van der Waals surface area contributed by atoms with Gasteiger partial charge < -0.3 is 14.6 Å². The summed E-state index contributed by atoms with van der Waals surface area (Å²) in [4.78, 5) is 2.43. The second-order valence-electron chi connectivity index (χ2n) is 6.23. The normalized spacial score (nSPS) is 29.7. The number of hydrogen-bond donors (Lipinski definition) is 1. The lowest BCUT2D eigenvalue weighted by molar-refractivity contribution is -0.0538. The molecule has 0 unspecified atom stereocenters. The predicted molar refractivity (Wildman–Crippen MR) is 86.4 cm³/mol. The molecule has 1 saturated carbocycles. The lowest BCUT2D eigenvalue weighted by atomic mass is 9.94. The van der Waals surface area contributed by atoms with Gasteiger partial charge >= 0.3 is 0 Å². The summed E-state index contributed by atoms with van der Waals surface area (Å²) in [5.41, 5.74) is 1.13. The summed E-state index contributed by atoms with van der Waals surface area (Å²) in [7, 11) is 1.67. The van der Waals surface area contributed by atoms with Crippen molar-refractivity contribution in [3.8, 4) is 5.75 Å². The molecule has 1 saturated heterocycles. The Morgan fingerprint density at radius 3 is 3.00 bits per heavy atom. The number of nitrogens with zero attached hydrogens (tertiary/aromatic N) is 1. The zero-order valence-electron chi connectivity index (χ0n) is 13.0. The first-order valence-corrected chi connectivity index (χ1v) is 8.39. The molecule has 1 aliphatic heterocycles. The molecular formula is C17H24ClNO3. The van der Waals surface area contributed by atoms with Crippen LogP contribution in [0.3, 0.4) is 0 Å². The molecule has 1 heterocycles. The van der Waals surface area contributed by atoms with Crippen molar-refractivity contribution in [3.63, 3.8) is 0 Å². The Hall–Kier alpha value is -0.810. The Labute approximate surface area is 137 Å². The molecule has 0 amide bonds. The molecular weight excluding hydrogens is 302 g/mol. The minimum absolute atomic E-state index is 0.193. The predicted octanol–water partition coefficient (Wildman–Crippen LogP) is 2.71. The van der Waals surface area contributed by atoms with Gasteiger partial charge in [-0.05, 0) is 25.0 Å². The van der Waals surface area contributed by atoms with Gasteiger partial charge in [0.05, 0.1) is 26.4 Å². The van der Waals surface area contributed by atoms with E-state index in [-0.39, 0.29) is 12.1 Å². The molecule has 2 fully saturated rings. The number of ether oxygens (including phenoxy) is 2. The summed E-state index contributed by atoms with van der Waals surface area (Å²) in [5.74, 6) is 1.14. The van der Waals surface area contributed by atoms with E-state index in [0.717, 1.165) is 50.3 Å². The van der Waals surface area contributed by atoms with Crippen molar-refractivity contribution in [2.24, 2.45) is 5.92 Å². The second kappa shape index (κ2) is 7.18. The molecule has 1 N–H and O–H groups in total. The van der Waals surface area contributed by atoms with Gasteiger partial charge in [-0.15, -0.1) is 0 Å². The van der Waals surface area contributed by atoms with Crippen LogP contribution in [-0.4, -0.2) is 49.0 Å². The minimum Gasteiger partial charge on any atom is -0.496 e. The fourth-order valence-electron chi connectivity index (χ4n) is 3.73. The maximum absolute atomic E-state index is 10.2. The zero-order chi connectivity index (χ0) is 15.5. The van der Waals surface area contributed by atoms with E-state index in [1.807, 2.05) is 18.2 Å². The van der Waals surface area contributed by atoms with E-state index >= 15 is 0 Å². The topological polar surface area (TPSA) is 41.9 Å². The van der Waals surface area contributed by atoms with E-state index < -0.39 is 0 Å². The average Bonchev–Trinajstić information content (AvgIpc) is 2.95. The van der Waals surface area contributed by atoms with Crippen molar-refractivity contribution < 1.29 is 14.6 Å². The fraction of sp³-hybridized carbons (Fsp3) is 0.647. The van der Waals surface area contributed by atoms with Crippen LogP contribution in [0.5, 0.6) is 5.75 Å². The molecule has 5 heteroatoms. The molecule has 1 aromatic carbocycles. The van der Waals surface area contributed by atoms with Crippen molar-refractivity contribution in [2.45, 2.75) is 38.0 Å². The van der Waals surface area contributed by atoms with E-state index in [1.165, 1.54) is 0 Å². The van der Waals surface area contributed by atoms with Crippen LogP contribution >= 0.6 is 11.6 Å². The summed E-state index contributed by atoms with van der Waals surface area (Å²) in [6, 6.07) is 6.07. The van der Waals surface area contributed by atoms with E-state index in [4.69, 9.17) is 21.1 Å². The molecule has 2 aliphatic rings. The van der Waals surface area contributed by atoms with Gasteiger partial charge in [0.15, 0.2) is 0 Å². The molecule has 22 heavy (non-hydrogen) atoms. The standard InChI is InChI=1S/C17H24ClNO3/c1-21-17-9-13(18)6-5-12(17)10-19-7-8-22-11-15(19)14-3-2-4-16(14)20/h5-6,9,14-16,20H,2-4,7-8,10-11H2,1H3/t14-,15-,16-/m1/s1. The monoisotopic (exact) mass is 325 g/mol. The number of halogens is 1. The van der Waals surface area contributed by atoms with Crippen LogP contribution in [0.2, 0.25) is 5.02 Å². The summed E-state index contributed by atoms with van der Waals surface area (Å²) >= 11 is 6.04. The third-order valence-corrected chi connectivity index (χ3v) is 5.16. The molecule has 3 rings (SSSR count). The molecule has 122 valence electrons. The number of aliphatic hydroxyl groups is 1. The van der Waals surface area contributed by atoms with Crippen LogP contribution in [0.25, 0.3) is 0 Å². The molecule has 1 aliphatic carbocycles. The van der Waals surface area contributed by atoms with Gasteiger partial charge in [-0.1, -0.05) is 24.1 Å². The van der Waals surface area contributed by atoms with Gasteiger partial charge in [0.1, 0.15) is 5.75 Å². The maximum Gasteiger partial charge on any atom is 0.124 e. The molecule has 1 aromatic rings. The van der Waals surface area contributed by atoms with Crippen LogP contribution < -0.4 is 4.74 Å². The molecule has 0 aromatic heterocycles. The SMILES string of the molecule is COc1cc(Cl)ccc1CN1CCOC[C@@H]1[C@H]1CCC[C@H]1O. The Bertz CT molecular complexity index is 511. The number of aliphatic hydroxyl groups excluding tert-OH is 1. The van der Waals surface area contributed by atoms with Gasteiger partial charge in [-0.3, -0.25) is 4.90 Å². The van der Waals surface area contributed by atoms with Gasteiger partial charge in [-0.2, -0.15) is 0 Å². The highest BCUT2D eigenvalue weighted by Gasteiger charge is 2.37. The van der Waals surface area contributed by atoms with E-state index in [9.17, 15) is 5.11 Å². The highest BCUT2D eigenvalue weighted by atomic mass is 35.5. The molecule has 0 spiro atoms. The Morgan fingerprint density at radius 1 is 1.41 bits per heavy atom. The first kappa shape index (κ1) is 16.1. The molecule has 3 atom stereocenters. The minimum atomic E-state index is -0.193. The van der Waals surface area contributed by atoms with Crippen molar-refractivity contribution >= 4 is 11.6 Å². The van der Waals surface area contributed by atoms with Gasteiger partial charge in [0, 0.05) is 35.6 Å². The number of rotatable bonds is 4. The van der Waals surface area contributed by atoms with Gasteiger partial charge in [0.2, 0.25) is 0 Å². The Balaban J connectivity index is 1.77. The number of benzene rings is 1. The first-order valence-electron chi connectivity index (χ1n) is 8.01. The van der Waals surface area contributed by atoms with E-state index in [2.05, 4.69) is 4.90 Å². The van der Waals surface area contributed by atoms with Crippen molar-refractivity contribution in [1.82, 2.24) is 4.90 Å². The third-order valence-electron chi connectivity index (χ3n) is 4.93. The van der Waals surface area contributed by atoms with Crippen molar-refractivity contribution in [1.29, 1.82) is 0 Å². The van der Waals surface area contributed by atoms with Crippen LogP contribution in [-0.2, 0) is 11.3 Å². The molecule has 4 nitrogen and oxygen atoms in total. The van der Waals surface area contributed by atoms with E-state index in [1.54, 1.807) is 7.11 Å². The number of morpholine rings is 1. The molecule has 0 bridgehead atoms. The summed E-state index contributed by atoms with van der Waals surface area (Å²) in [6.07, 6.45) is 2.92. The molecule has 0 radical (unpaired) electrons. The average molecular weight is 326 g/mol. The van der Waals surface area contributed by atoms with Gasteiger partial charge in [0.25, 0.3) is 0 Å². The number of methoxy groups -OCH3 is 1. The summed E-state index contributed by atoms with van der Waals surface area (Å²) < 4.78 is 11.1. The Morgan fingerprint density at radius 2 is 2.27 bits per heavy atom. The fourth-order valence-corrected chi connectivity index (χ4v) is 3.90. The van der Waals surface area contributed by atoms with Crippen molar-refractivity contribution in [3.05, 3.63) is 28.8 Å². The Kier molecular flexibility index (Phi) is 5.24. The van der Waals surface area contributed by atoms with Gasteiger partial charge in [-0.25, -0.2) is 0 Å². The number of hydrogen-bond acceptors (Lipinski definition) is 4. The van der Waals surface area contributed by atoms with Crippen LogP contribution in [0.4, 0.5) is 0 Å². The maximum atomic E-state index is 10.2. The third kappa shape index (κ3) is 3.40. The van der Waals surface area contributed by atoms with Crippen LogP contribution in [0.1, 0.15) is 24.8 Å². The smallest absolute Gasteiger partial charge is 0.124 e. The quantitative estimate of drug-likeness (QED) is 0.924. The first-order chi connectivity index (χ1) is 10.7. The van der Waals surface area contributed by atoms with E-state index in [0.29, 0.717) is 17.5 Å². The van der Waals surface area contributed by atoms with Crippen LogP contribution in [0, 0.1) is 5.92 Å². The summed E-state index contributed by atoms with van der Waals surface area (Å²) in [5, 5.41) is 10.9. The lowest BCUT2D eigenvalue weighted by Crippen LogP contribution is -2.50. The zero-order valence-corrected chi connectivity index (χ0v) is 13.8.